The number of nitrogens with two attached hydrogens (primary N) is 1. The quantitative estimate of drug-likeness (QED) is 0.383. The molecule has 0 saturated carbocycles. The lowest BCUT2D eigenvalue weighted by Crippen LogP contribution is -2.53. The standard InChI is InChI=1S/C12H16N4O4S/c1-7-3-9(15-13)4-8(2)12(7)21(19,20)16-5-10(17)14-11(18)6-16/h3-4,15H,5-6,13H2,1-2H3,(H,14,17,18). The molecule has 2 rings (SSSR count). The second kappa shape index (κ2) is 5.43. The average Bonchev–Trinajstić information content (AvgIpc) is 2.36. The Kier molecular flexibility index (Phi) is 3.99. The van der Waals surface area contributed by atoms with Crippen molar-refractivity contribution in [1.82, 2.24) is 9.62 Å². The van der Waals surface area contributed by atoms with Crippen molar-refractivity contribution in [2.45, 2.75) is 18.7 Å². The molecule has 1 aromatic carbocycles. The number of hydrogen-bond donors (Lipinski definition) is 3. The monoisotopic (exact) mass is 312 g/mol. The van der Waals surface area contributed by atoms with Gasteiger partial charge in [-0.2, -0.15) is 4.31 Å². The molecule has 1 fully saturated rings. The molecular formula is C12H16N4O4S. The number of nitrogen functional groups attached to an aromatic ring is 1. The Balaban J connectivity index is 2.49. The van der Waals surface area contributed by atoms with Crippen LogP contribution in [0.25, 0.3) is 0 Å². The molecule has 9 heteroatoms. The molecule has 0 spiro atoms. The highest BCUT2D eigenvalue weighted by atomic mass is 32.2. The summed E-state index contributed by atoms with van der Waals surface area (Å²) in [6.45, 7) is 2.52. The minimum atomic E-state index is -3.93. The second-order valence-electron chi connectivity index (χ2n) is 4.83. The fourth-order valence-electron chi connectivity index (χ4n) is 2.35. The van der Waals surface area contributed by atoms with Crippen LogP contribution >= 0.6 is 0 Å². The van der Waals surface area contributed by atoms with Gasteiger partial charge in [0.15, 0.2) is 0 Å². The Hall–Kier alpha value is -1.97. The molecule has 0 bridgehead atoms. The Labute approximate surface area is 122 Å². The first-order chi connectivity index (χ1) is 9.75. The number of anilines is 1. The average molecular weight is 312 g/mol. The number of nitrogens with one attached hydrogen (secondary N) is 2. The Morgan fingerprint density at radius 2 is 1.62 bits per heavy atom. The zero-order valence-electron chi connectivity index (χ0n) is 11.6. The van der Waals surface area contributed by atoms with Crippen LogP contribution in [-0.2, 0) is 19.6 Å². The summed E-state index contributed by atoms with van der Waals surface area (Å²) in [5.74, 6) is 4.05. The Morgan fingerprint density at radius 3 is 2.05 bits per heavy atom. The molecule has 8 nitrogen and oxygen atoms in total. The number of imide groups is 1. The number of nitrogens with zero attached hydrogens (tertiary/aromatic N) is 1. The van der Waals surface area contributed by atoms with E-state index in [4.69, 9.17) is 5.84 Å². The highest BCUT2D eigenvalue weighted by molar-refractivity contribution is 7.89. The van der Waals surface area contributed by atoms with Crippen LogP contribution in [0.5, 0.6) is 0 Å². The number of aryl methyl sites for hydroxylation is 2. The van der Waals surface area contributed by atoms with Crippen LogP contribution in [0.2, 0.25) is 0 Å². The van der Waals surface area contributed by atoms with Crippen molar-refractivity contribution in [3.63, 3.8) is 0 Å². The minimum Gasteiger partial charge on any atom is -0.324 e. The summed E-state index contributed by atoms with van der Waals surface area (Å²) in [6.07, 6.45) is 0. The summed E-state index contributed by atoms with van der Waals surface area (Å²) in [6, 6.07) is 3.18. The molecule has 4 N–H and O–H groups in total. The molecular weight excluding hydrogens is 296 g/mol. The van der Waals surface area contributed by atoms with Crippen molar-refractivity contribution >= 4 is 27.5 Å². The van der Waals surface area contributed by atoms with E-state index in [9.17, 15) is 18.0 Å². The van der Waals surface area contributed by atoms with Gasteiger partial charge in [0.2, 0.25) is 21.8 Å². The molecule has 1 aliphatic rings. The van der Waals surface area contributed by atoms with Gasteiger partial charge in [-0.15, -0.1) is 0 Å². The van der Waals surface area contributed by atoms with Gasteiger partial charge < -0.3 is 5.43 Å². The van der Waals surface area contributed by atoms with E-state index in [1.54, 1.807) is 26.0 Å². The molecule has 114 valence electrons. The summed E-state index contributed by atoms with van der Waals surface area (Å²) in [5.41, 5.74) is 4.01. The van der Waals surface area contributed by atoms with Crippen LogP contribution in [0.15, 0.2) is 17.0 Å². The van der Waals surface area contributed by atoms with E-state index in [0.717, 1.165) is 4.31 Å². The smallest absolute Gasteiger partial charge is 0.244 e. The van der Waals surface area contributed by atoms with E-state index in [0.29, 0.717) is 16.8 Å². The highest BCUT2D eigenvalue weighted by Crippen LogP contribution is 2.27. The number of amides is 2. The van der Waals surface area contributed by atoms with Crippen LogP contribution in [0.1, 0.15) is 11.1 Å². The number of benzene rings is 1. The predicted molar refractivity (Wildman–Crippen MR) is 75.6 cm³/mol. The zero-order chi connectivity index (χ0) is 15.8. The third-order valence-electron chi connectivity index (χ3n) is 3.14. The van der Waals surface area contributed by atoms with Gasteiger partial charge >= 0.3 is 0 Å². The summed E-state index contributed by atoms with van der Waals surface area (Å²) < 4.78 is 26.2. The van der Waals surface area contributed by atoms with Crippen LogP contribution < -0.4 is 16.6 Å². The van der Waals surface area contributed by atoms with Crippen molar-refractivity contribution in [3.05, 3.63) is 23.3 Å². The fraction of sp³-hybridized carbons (Fsp3) is 0.333. The molecule has 0 aliphatic carbocycles. The number of carbonyl (C=O) groups is 2. The maximum atomic E-state index is 12.7. The van der Waals surface area contributed by atoms with Crippen molar-refractivity contribution in [2.75, 3.05) is 18.5 Å². The molecule has 0 aromatic heterocycles. The largest absolute Gasteiger partial charge is 0.324 e. The number of sulfonamides is 1. The van der Waals surface area contributed by atoms with Crippen LogP contribution in [-0.4, -0.2) is 37.6 Å². The van der Waals surface area contributed by atoms with Gasteiger partial charge in [0.25, 0.3) is 0 Å². The number of hydrazine groups is 1. The summed E-state index contributed by atoms with van der Waals surface area (Å²) >= 11 is 0. The first-order valence-corrected chi connectivity index (χ1v) is 7.60. The second-order valence-corrected chi connectivity index (χ2v) is 6.70. The Bertz CT molecular complexity index is 675. The lowest BCUT2D eigenvalue weighted by atomic mass is 10.1. The van der Waals surface area contributed by atoms with E-state index in [2.05, 4.69) is 10.7 Å². The molecule has 1 aliphatic heterocycles. The third-order valence-corrected chi connectivity index (χ3v) is 5.24. The SMILES string of the molecule is Cc1cc(NN)cc(C)c1S(=O)(=O)N1CC(=O)NC(=O)C1. The zero-order valence-corrected chi connectivity index (χ0v) is 12.5. The van der Waals surface area contributed by atoms with E-state index in [1.807, 2.05) is 0 Å². The lowest BCUT2D eigenvalue weighted by Gasteiger charge is -2.26. The summed E-state index contributed by atoms with van der Waals surface area (Å²) in [4.78, 5) is 22.8. The van der Waals surface area contributed by atoms with Crippen molar-refractivity contribution in [1.29, 1.82) is 0 Å². The first-order valence-electron chi connectivity index (χ1n) is 6.16. The van der Waals surface area contributed by atoms with Gasteiger partial charge in [-0.05, 0) is 37.1 Å². The van der Waals surface area contributed by atoms with E-state index < -0.39 is 21.8 Å². The predicted octanol–water partition coefficient (Wildman–Crippen LogP) is -0.764. The van der Waals surface area contributed by atoms with Gasteiger partial charge in [-0.3, -0.25) is 20.7 Å². The van der Waals surface area contributed by atoms with Crippen molar-refractivity contribution in [2.24, 2.45) is 5.84 Å². The van der Waals surface area contributed by atoms with Gasteiger partial charge in [0, 0.05) is 5.69 Å². The summed E-state index contributed by atoms with van der Waals surface area (Å²) in [7, 11) is -3.93. The van der Waals surface area contributed by atoms with Crippen LogP contribution in [0, 0.1) is 13.8 Å². The molecule has 2 amide bonds. The normalized spacial score (nSPS) is 16.7. The van der Waals surface area contributed by atoms with Crippen molar-refractivity contribution in [3.8, 4) is 0 Å². The van der Waals surface area contributed by atoms with E-state index in [1.165, 1.54) is 0 Å². The number of piperazine rings is 1. The highest BCUT2D eigenvalue weighted by Gasteiger charge is 2.34. The number of hydrogen-bond acceptors (Lipinski definition) is 6. The first kappa shape index (κ1) is 15.4. The molecule has 1 aromatic rings. The van der Waals surface area contributed by atoms with E-state index >= 15 is 0 Å². The summed E-state index contributed by atoms with van der Waals surface area (Å²) in [5, 5.41) is 2.07. The van der Waals surface area contributed by atoms with Gasteiger partial charge in [0.1, 0.15) is 0 Å². The Morgan fingerprint density at radius 1 is 1.14 bits per heavy atom. The van der Waals surface area contributed by atoms with Crippen LogP contribution in [0.4, 0.5) is 5.69 Å². The number of rotatable bonds is 3. The maximum Gasteiger partial charge on any atom is 0.244 e. The molecule has 1 heterocycles. The minimum absolute atomic E-state index is 0.0870. The lowest BCUT2D eigenvalue weighted by molar-refractivity contribution is -0.134. The maximum absolute atomic E-state index is 12.7. The molecule has 21 heavy (non-hydrogen) atoms. The molecule has 1 saturated heterocycles. The molecule has 0 atom stereocenters. The van der Waals surface area contributed by atoms with Gasteiger partial charge in [-0.25, -0.2) is 8.42 Å². The molecule has 0 unspecified atom stereocenters. The topological polar surface area (TPSA) is 122 Å². The van der Waals surface area contributed by atoms with Gasteiger partial charge in [0.05, 0.1) is 18.0 Å². The van der Waals surface area contributed by atoms with Gasteiger partial charge in [-0.1, -0.05) is 0 Å². The van der Waals surface area contributed by atoms with Crippen LogP contribution in [0.3, 0.4) is 0 Å². The fourth-order valence-corrected chi connectivity index (χ4v) is 4.11. The molecule has 0 radical (unpaired) electrons. The van der Waals surface area contributed by atoms with E-state index in [-0.39, 0.29) is 18.0 Å². The third kappa shape index (κ3) is 2.89. The van der Waals surface area contributed by atoms with Crippen molar-refractivity contribution < 1.29 is 18.0 Å². The number of carbonyl (C=O) groups excluding carboxylic acids is 2.